The van der Waals surface area contributed by atoms with Crippen LogP contribution < -0.4 is 0 Å². The maximum Gasteiger partial charge on any atom is 0.257 e. The molecule has 0 spiro atoms. The zero-order valence-corrected chi connectivity index (χ0v) is 17.6. The van der Waals surface area contributed by atoms with Gasteiger partial charge in [-0.1, -0.05) is 48.0 Å². The van der Waals surface area contributed by atoms with E-state index in [1.807, 2.05) is 77.0 Å². The fourth-order valence-corrected chi connectivity index (χ4v) is 4.19. The highest BCUT2D eigenvalue weighted by Gasteiger charge is 2.28. The topological polar surface area (TPSA) is 56.0 Å². The van der Waals surface area contributed by atoms with E-state index in [9.17, 15) is 4.79 Å². The van der Waals surface area contributed by atoms with E-state index in [0.717, 1.165) is 42.9 Å². The molecule has 0 bridgehead atoms. The minimum atomic E-state index is 0.0429. The number of carbonyl (C=O) groups is 1. The number of hydrogen-bond donors (Lipinski definition) is 0. The van der Waals surface area contributed by atoms with E-state index in [1.54, 1.807) is 0 Å². The number of rotatable bonds is 4. The van der Waals surface area contributed by atoms with Crippen LogP contribution in [0.5, 0.6) is 0 Å². The fraction of sp³-hybridized carbons (Fsp3) is 0.240. The maximum atomic E-state index is 13.5. The lowest BCUT2D eigenvalue weighted by Gasteiger charge is -2.32. The van der Waals surface area contributed by atoms with E-state index in [4.69, 9.17) is 5.10 Å². The Labute approximate surface area is 181 Å². The molecule has 3 heterocycles. The van der Waals surface area contributed by atoms with Crippen LogP contribution in [0.25, 0.3) is 16.9 Å². The van der Waals surface area contributed by atoms with Gasteiger partial charge in [0, 0.05) is 43.3 Å². The Kier molecular flexibility index (Phi) is 5.12. The zero-order valence-electron chi connectivity index (χ0n) is 17.6. The minimum Gasteiger partial charge on any atom is -0.338 e. The number of imidazole rings is 1. The van der Waals surface area contributed by atoms with E-state index >= 15 is 0 Å². The quantitative estimate of drug-likeness (QED) is 0.496. The van der Waals surface area contributed by atoms with Crippen LogP contribution in [-0.2, 0) is 0 Å². The first-order valence-corrected chi connectivity index (χ1v) is 10.7. The van der Waals surface area contributed by atoms with E-state index < -0.39 is 0 Å². The van der Waals surface area contributed by atoms with E-state index in [0.29, 0.717) is 11.6 Å². The summed E-state index contributed by atoms with van der Waals surface area (Å²) < 4.78 is 3.96. The summed E-state index contributed by atoms with van der Waals surface area (Å²) in [7, 11) is 0. The first kappa shape index (κ1) is 19.3. The molecular weight excluding hydrogens is 386 g/mol. The van der Waals surface area contributed by atoms with Crippen molar-refractivity contribution in [1.29, 1.82) is 0 Å². The fourth-order valence-electron chi connectivity index (χ4n) is 4.19. The van der Waals surface area contributed by atoms with Crippen molar-refractivity contribution in [3.8, 4) is 16.9 Å². The van der Waals surface area contributed by atoms with Crippen molar-refractivity contribution in [2.75, 3.05) is 13.1 Å². The van der Waals surface area contributed by atoms with Crippen LogP contribution in [0, 0.1) is 6.92 Å². The second-order valence-corrected chi connectivity index (χ2v) is 8.07. The molecule has 1 saturated heterocycles. The highest BCUT2D eigenvalue weighted by atomic mass is 16.2. The molecule has 0 unspecified atom stereocenters. The number of aryl methyl sites for hydroxylation is 1. The molecule has 0 N–H and O–H groups in total. The SMILES string of the molecule is Cc1ccc(-n2cc(C(=O)N3CCC(n4ccnc4)CC3)c(-c3ccccc3)n2)cc1. The van der Waals surface area contributed by atoms with Gasteiger partial charge in [0.1, 0.15) is 5.69 Å². The van der Waals surface area contributed by atoms with E-state index in [1.165, 1.54) is 5.56 Å². The smallest absolute Gasteiger partial charge is 0.257 e. The number of likely N-dealkylation sites (tertiary alicyclic amines) is 1. The van der Waals surface area contributed by atoms with Crippen LogP contribution in [0.1, 0.15) is 34.8 Å². The standard InChI is InChI=1S/C25H25N5O/c1-19-7-9-22(10-8-19)30-17-23(24(27-30)20-5-3-2-4-6-20)25(31)28-14-11-21(12-15-28)29-16-13-26-18-29/h2-10,13,16-18,21H,11-12,14-15H2,1H3. The van der Waals surface area contributed by atoms with Gasteiger partial charge < -0.3 is 9.47 Å². The first-order valence-electron chi connectivity index (χ1n) is 10.7. The van der Waals surface area contributed by atoms with E-state index in [-0.39, 0.29) is 5.91 Å². The van der Waals surface area contributed by atoms with Crippen molar-refractivity contribution in [3.05, 3.63) is 90.6 Å². The lowest BCUT2D eigenvalue weighted by atomic mass is 10.0. The monoisotopic (exact) mass is 411 g/mol. The summed E-state index contributed by atoms with van der Waals surface area (Å²) >= 11 is 0. The third-order valence-electron chi connectivity index (χ3n) is 5.99. The molecule has 0 radical (unpaired) electrons. The van der Waals surface area contributed by atoms with E-state index in [2.05, 4.69) is 28.6 Å². The summed E-state index contributed by atoms with van der Waals surface area (Å²) in [5, 5.41) is 4.81. The summed E-state index contributed by atoms with van der Waals surface area (Å²) in [5.41, 5.74) is 4.46. The predicted octanol–water partition coefficient (Wildman–Crippen LogP) is 4.52. The van der Waals surface area contributed by atoms with Gasteiger partial charge in [0.05, 0.1) is 17.6 Å². The number of amides is 1. The summed E-state index contributed by atoms with van der Waals surface area (Å²) in [6.07, 6.45) is 9.40. The number of benzene rings is 2. The van der Waals surface area contributed by atoms with Crippen LogP contribution >= 0.6 is 0 Å². The molecule has 2 aromatic carbocycles. The Balaban J connectivity index is 1.44. The van der Waals surface area contributed by atoms with Crippen LogP contribution in [0.15, 0.2) is 79.5 Å². The molecule has 0 aliphatic carbocycles. The minimum absolute atomic E-state index is 0.0429. The third-order valence-corrected chi connectivity index (χ3v) is 5.99. The van der Waals surface area contributed by atoms with Crippen LogP contribution in [-0.4, -0.2) is 43.2 Å². The molecule has 4 aromatic rings. The first-order chi connectivity index (χ1) is 15.2. The van der Waals surface area contributed by atoms with Gasteiger partial charge in [0.25, 0.3) is 5.91 Å². The highest BCUT2D eigenvalue weighted by Crippen LogP contribution is 2.28. The summed E-state index contributed by atoms with van der Waals surface area (Å²) in [6, 6.07) is 18.5. The second-order valence-electron chi connectivity index (χ2n) is 8.07. The van der Waals surface area contributed by atoms with Crippen LogP contribution in [0.3, 0.4) is 0 Å². The second kappa shape index (κ2) is 8.22. The van der Waals surface area contributed by atoms with Gasteiger partial charge in [0.15, 0.2) is 0 Å². The zero-order chi connectivity index (χ0) is 21.2. The van der Waals surface area contributed by atoms with Crippen molar-refractivity contribution in [2.24, 2.45) is 0 Å². The Morgan fingerprint density at radius 3 is 2.42 bits per heavy atom. The number of aromatic nitrogens is 4. The highest BCUT2D eigenvalue weighted by molar-refractivity contribution is 6.00. The molecule has 0 saturated carbocycles. The Bertz CT molecular complexity index is 1150. The Hall–Kier alpha value is -3.67. The average Bonchev–Trinajstić information content (AvgIpc) is 3.51. The van der Waals surface area contributed by atoms with Crippen molar-refractivity contribution in [1.82, 2.24) is 24.2 Å². The molecule has 1 aliphatic heterocycles. The molecule has 1 aliphatic rings. The summed E-state index contributed by atoms with van der Waals surface area (Å²) in [5.74, 6) is 0.0429. The molecule has 0 atom stereocenters. The molecule has 5 rings (SSSR count). The van der Waals surface area contributed by atoms with Gasteiger partial charge in [-0.25, -0.2) is 9.67 Å². The van der Waals surface area contributed by atoms with Gasteiger partial charge >= 0.3 is 0 Å². The number of piperidine rings is 1. The average molecular weight is 412 g/mol. The Morgan fingerprint density at radius 2 is 1.74 bits per heavy atom. The number of hydrogen-bond acceptors (Lipinski definition) is 3. The molecule has 6 heteroatoms. The molecule has 1 amide bonds. The molecule has 6 nitrogen and oxygen atoms in total. The van der Waals surface area contributed by atoms with Gasteiger partial charge in [-0.05, 0) is 31.9 Å². The number of nitrogens with zero attached hydrogens (tertiary/aromatic N) is 5. The Morgan fingerprint density at radius 1 is 1.00 bits per heavy atom. The normalized spacial score (nSPS) is 14.7. The summed E-state index contributed by atoms with van der Waals surface area (Å²) in [4.78, 5) is 19.6. The lowest BCUT2D eigenvalue weighted by Crippen LogP contribution is -2.39. The summed E-state index contributed by atoms with van der Waals surface area (Å²) in [6.45, 7) is 3.52. The van der Waals surface area contributed by atoms with Gasteiger partial charge in [0.2, 0.25) is 0 Å². The molecule has 156 valence electrons. The number of carbonyl (C=O) groups excluding carboxylic acids is 1. The predicted molar refractivity (Wildman–Crippen MR) is 120 cm³/mol. The van der Waals surface area contributed by atoms with Crippen molar-refractivity contribution in [3.63, 3.8) is 0 Å². The van der Waals surface area contributed by atoms with Crippen LogP contribution in [0.2, 0.25) is 0 Å². The van der Waals surface area contributed by atoms with Gasteiger partial charge in [-0.15, -0.1) is 0 Å². The third kappa shape index (κ3) is 3.89. The van der Waals surface area contributed by atoms with Crippen molar-refractivity contribution in [2.45, 2.75) is 25.8 Å². The van der Waals surface area contributed by atoms with Crippen molar-refractivity contribution >= 4 is 5.91 Å². The maximum absolute atomic E-state index is 13.5. The lowest BCUT2D eigenvalue weighted by molar-refractivity contribution is 0.0695. The van der Waals surface area contributed by atoms with Gasteiger partial charge in [-0.3, -0.25) is 4.79 Å². The van der Waals surface area contributed by atoms with Gasteiger partial charge in [-0.2, -0.15) is 5.10 Å². The largest absolute Gasteiger partial charge is 0.338 e. The molecule has 2 aromatic heterocycles. The van der Waals surface area contributed by atoms with Crippen molar-refractivity contribution < 1.29 is 4.79 Å². The molecule has 1 fully saturated rings. The molecular formula is C25H25N5O. The van der Waals surface area contributed by atoms with Crippen LogP contribution in [0.4, 0.5) is 0 Å². The molecule has 31 heavy (non-hydrogen) atoms.